The van der Waals surface area contributed by atoms with Crippen molar-refractivity contribution in [2.75, 3.05) is 5.32 Å². The average molecular weight is 375 g/mol. The highest BCUT2D eigenvalue weighted by atomic mass is 79.9. The number of hydrogen-bond donors (Lipinski definition) is 2. The minimum absolute atomic E-state index is 0.497. The van der Waals surface area contributed by atoms with Gasteiger partial charge in [0, 0.05) is 14.3 Å². The molecule has 2 rings (SSSR count). The summed E-state index contributed by atoms with van der Waals surface area (Å²) in [6.45, 7) is 1.56. The number of nitrogens with one attached hydrogen (secondary N) is 1. The Morgan fingerprint density at radius 3 is 2.78 bits per heavy atom. The molecule has 0 saturated heterocycles. The molecule has 5 nitrogen and oxygen atoms in total. The molecule has 0 bridgehead atoms. The summed E-state index contributed by atoms with van der Waals surface area (Å²) >= 11 is 6.80. The van der Waals surface area contributed by atoms with Crippen LogP contribution in [0.1, 0.15) is 6.92 Å². The molecular formula is C11H9Br2N3O2. The summed E-state index contributed by atoms with van der Waals surface area (Å²) in [6.07, 6.45) is 1.40. The molecule has 0 saturated carbocycles. The van der Waals surface area contributed by atoms with Crippen LogP contribution in [0.25, 0.3) is 10.9 Å². The number of aromatic nitrogens is 2. The molecule has 0 aliphatic heterocycles. The molecule has 0 aliphatic carbocycles. The highest BCUT2D eigenvalue weighted by Gasteiger charge is 2.14. The standard InChI is InChI=1S/C11H9Br2N3O2/c1-5(11(17)18)16-10-7-2-6(12)3-8(13)9(7)14-4-15-10/h2-5H,1H3,(H,17,18)(H,14,15,16). The number of carboxylic acid groups (broad SMARTS) is 1. The van der Waals surface area contributed by atoms with Crippen molar-refractivity contribution in [1.29, 1.82) is 0 Å². The molecule has 0 radical (unpaired) electrons. The number of carboxylic acids is 1. The molecule has 1 unspecified atom stereocenters. The van der Waals surface area contributed by atoms with E-state index in [9.17, 15) is 4.79 Å². The Bertz CT molecular complexity index is 619. The minimum atomic E-state index is -0.934. The van der Waals surface area contributed by atoms with Gasteiger partial charge in [0.05, 0.1) is 5.52 Å². The predicted molar refractivity (Wildman–Crippen MR) is 75.7 cm³/mol. The van der Waals surface area contributed by atoms with Gasteiger partial charge in [-0.1, -0.05) is 15.9 Å². The van der Waals surface area contributed by atoms with Gasteiger partial charge in [0.25, 0.3) is 0 Å². The number of carbonyl (C=O) groups is 1. The van der Waals surface area contributed by atoms with Crippen molar-refractivity contribution in [2.45, 2.75) is 13.0 Å². The molecule has 1 atom stereocenters. The van der Waals surface area contributed by atoms with E-state index in [1.165, 1.54) is 6.33 Å². The third-order valence-electron chi connectivity index (χ3n) is 2.38. The first-order valence-electron chi connectivity index (χ1n) is 5.08. The van der Waals surface area contributed by atoms with Crippen LogP contribution in [0.4, 0.5) is 5.82 Å². The van der Waals surface area contributed by atoms with Crippen LogP contribution in [0.5, 0.6) is 0 Å². The molecule has 1 aromatic heterocycles. The third kappa shape index (κ3) is 2.62. The van der Waals surface area contributed by atoms with E-state index in [0.717, 1.165) is 19.8 Å². The number of rotatable bonds is 3. The summed E-state index contributed by atoms with van der Waals surface area (Å²) in [4.78, 5) is 19.1. The second kappa shape index (κ2) is 5.19. The Morgan fingerprint density at radius 1 is 1.39 bits per heavy atom. The van der Waals surface area contributed by atoms with Gasteiger partial charge in [-0.25, -0.2) is 9.97 Å². The SMILES string of the molecule is CC(Nc1ncnc2c(Br)cc(Br)cc12)C(=O)O. The summed E-state index contributed by atoms with van der Waals surface area (Å²) in [6, 6.07) is 3.00. The van der Waals surface area contributed by atoms with Gasteiger partial charge in [-0.2, -0.15) is 0 Å². The zero-order valence-corrected chi connectivity index (χ0v) is 12.5. The largest absolute Gasteiger partial charge is 0.480 e. The normalized spacial score (nSPS) is 12.4. The molecular weight excluding hydrogens is 366 g/mol. The predicted octanol–water partition coefficient (Wildman–Crippen LogP) is 3.04. The number of nitrogens with zero attached hydrogens (tertiary/aromatic N) is 2. The van der Waals surface area contributed by atoms with Crippen molar-refractivity contribution in [2.24, 2.45) is 0 Å². The summed E-state index contributed by atoms with van der Waals surface area (Å²) in [5, 5.41) is 12.5. The van der Waals surface area contributed by atoms with Crippen LogP contribution in [0, 0.1) is 0 Å². The molecule has 7 heteroatoms. The van der Waals surface area contributed by atoms with Crippen molar-refractivity contribution in [3.05, 3.63) is 27.4 Å². The second-order valence-electron chi connectivity index (χ2n) is 3.71. The summed E-state index contributed by atoms with van der Waals surface area (Å²) < 4.78 is 1.68. The van der Waals surface area contributed by atoms with Crippen molar-refractivity contribution in [3.63, 3.8) is 0 Å². The molecule has 1 aromatic carbocycles. The lowest BCUT2D eigenvalue weighted by Crippen LogP contribution is -2.26. The number of hydrogen-bond acceptors (Lipinski definition) is 4. The van der Waals surface area contributed by atoms with E-state index < -0.39 is 12.0 Å². The van der Waals surface area contributed by atoms with Gasteiger partial charge in [-0.05, 0) is 35.0 Å². The fraction of sp³-hybridized carbons (Fsp3) is 0.182. The molecule has 1 heterocycles. The van der Waals surface area contributed by atoms with Crippen LogP contribution >= 0.6 is 31.9 Å². The fourth-order valence-corrected chi connectivity index (χ4v) is 2.80. The van der Waals surface area contributed by atoms with Crippen LogP contribution in [0.2, 0.25) is 0 Å². The van der Waals surface area contributed by atoms with E-state index in [0.29, 0.717) is 5.82 Å². The van der Waals surface area contributed by atoms with E-state index in [-0.39, 0.29) is 0 Å². The Morgan fingerprint density at radius 2 is 2.11 bits per heavy atom. The molecule has 18 heavy (non-hydrogen) atoms. The second-order valence-corrected chi connectivity index (χ2v) is 5.48. The van der Waals surface area contributed by atoms with Crippen molar-refractivity contribution in [3.8, 4) is 0 Å². The maximum absolute atomic E-state index is 10.8. The van der Waals surface area contributed by atoms with Crippen molar-refractivity contribution in [1.82, 2.24) is 9.97 Å². The van der Waals surface area contributed by atoms with Gasteiger partial charge >= 0.3 is 5.97 Å². The Labute approximate surface area is 120 Å². The van der Waals surface area contributed by atoms with Crippen LogP contribution < -0.4 is 5.32 Å². The maximum Gasteiger partial charge on any atom is 0.325 e. The average Bonchev–Trinajstić information content (AvgIpc) is 2.29. The monoisotopic (exact) mass is 373 g/mol. The van der Waals surface area contributed by atoms with Crippen LogP contribution in [0.15, 0.2) is 27.4 Å². The molecule has 0 fully saturated rings. The first-order chi connectivity index (χ1) is 8.49. The topological polar surface area (TPSA) is 75.1 Å². The molecule has 0 spiro atoms. The number of fused-ring (bicyclic) bond motifs is 1. The Hall–Kier alpha value is -1.21. The van der Waals surface area contributed by atoms with E-state index >= 15 is 0 Å². The van der Waals surface area contributed by atoms with E-state index in [4.69, 9.17) is 5.11 Å². The molecule has 0 aliphatic rings. The van der Waals surface area contributed by atoms with Gasteiger partial charge in [-0.15, -0.1) is 0 Å². The van der Waals surface area contributed by atoms with E-state index in [1.807, 2.05) is 12.1 Å². The fourth-order valence-electron chi connectivity index (χ4n) is 1.47. The van der Waals surface area contributed by atoms with Crippen LogP contribution in [-0.4, -0.2) is 27.1 Å². The Kier molecular flexibility index (Phi) is 3.82. The first-order valence-corrected chi connectivity index (χ1v) is 6.66. The lowest BCUT2D eigenvalue weighted by molar-refractivity contribution is -0.137. The summed E-state index contributed by atoms with van der Waals surface area (Å²) in [5.74, 6) is -0.437. The number of halogens is 2. The van der Waals surface area contributed by atoms with E-state index in [1.54, 1.807) is 6.92 Å². The van der Waals surface area contributed by atoms with Gasteiger partial charge < -0.3 is 10.4 Å². The lowest BCUT2D eigenvalue weighted by Gasteiger charge is -2.12. The molecule has 2 N–H and O–H groups in total. The quantitative estimate of drug-likeness (QED) is 0.863. The number of aliphatic carboxylic acids is 1. The maximum atomic E-state index is 10.8. The number of benzene rings is 1. The lowest BCUT2D eigenvalue weighted by atomic mass is 10.2. The van der Waals surface area contributed by atoms with Crippen LogP contribution in [0.3, 0.4) is 0 Å². The number of anilines is 1. The molecule has 94 valence electrons. The van der Waals surface area contributed by atoms with Gasteiger partial charge in [-0.3, -0.25) is 4.79 Å². The molecule has 2 aromatic rings. The zero-order valence-electron chi connectivity index (χ0n) is 9.32. The third-order valence-corrected chi connectivity index (χ3v) is 3.44. The summed E-state index contributed by atoms with van der Waals surface area (Å²) in [5.41, 5.74) is 0.730. The minimum Gasteiger partial charge on any atom is -0.480 e. The Balaban J connectivity index is 2.54. The van der Waals surface area contributed by atoms with Gasteiger partial charge in [0.2, 0.25) is 0 Å². The van der Waals surface area contributed by atoms with Crippen LogP contribution in [-0.2, 0) is 4.79 Å². The highest BCUT2D eigenvalue weighted by molar-refractivity contribution is 9.11. The highest BCUT2D eigenvalue weighted by Crippen LogP contribution is 2.30. The zero-order chi connectivity index (χ0) is 13.3. The van der Waals surface area contributed by atoms with Crippen molar-refractivity contribution < 1.29 is 9.90 Å². The van der Waals surface area contributed by atoms with Crippen molar-refractivity contribution >= 4 is 54.5 Å². The summed E-state index contributed by atoms with van der Waals surface area (Å²) in [7, 11) is 0. The molecule has 0 amide bonds. The first kappa shape index (κ1) is 13.2. The van der Waals surface area contributed by atoms with Gasteiger partial charge in [0.1, 0.15) is 18.2 Å². The smallest absolute Gasteiger partial charge is 0.325 e. The van der Waals surface area contributed by atoms with Gasteiger partial charge in [0.15, 0.2) is 0 Å². The van der Waals surface area contributed by atoms with E-state index in [2.05, 4.69) is 47.1 Å².